The van der Waals surface area contributed by atoms with Gasteiger partial charge in [-0.2, -0.15) is 0 Å². The van der Waals surface area contributed by atoms with Gasteiger partial charge < -0.3 is 10.2 Å². The van der Waals surface area contributed by atoms with Gasteiger partial charge in [0.05, 0.1) is 0 Å². The molecule has 1 heterocycles. The Kier molecular flexibility index (Phi) is 4.84. The normalized spacial score (nSPS) is 29.8. The van der Waals surface area contributed by atoms with Crippen molar-refractivity contribution in [2.45, 2.75) is 58.5 Å². The van der Waals surface area contributed by atoms with Crippen molar-refractivity contribution in [1.29, 1.82) is 0 Å². The van der Waals surface area contributed by atoms with Crippen molar-refractivity contribution >= 4 is 5.69 Å². The number of benzene rings is 1. The molecule has 116 valence electrons. The van der Waals surface area contributed by atoms with Crippen LogP contribution < -0.4 is 10.2 Å². The molecule has 1 saturated heterocycles. The van der Waals surface area contributed by atoms with Crippen molar-refractivity contribution in [3.63, 3.8) is 0 Å². The summed E-state index contributed by atoms with van der Waals surface area (Å²) in [5.41, 5.74) is 2.82. The Hall–Kier alpha value is -1.02. The zero-order valence-electron chi connectivity index (χ0n) is 13.6. The van der Waals surface area contributed by atoms with Crippen LogP contribution in [0.5, 0.6) is 0 Å². The highest BCUT2D eigenvalue weighted by atomic mass is 15.1. The number of anilines is 1. The molecule has 3 unspecified atom stereocenters. The maximum atomic E-state index is 3.76. The van der Waals surface area contributed by atoms with Gasteiger partial charge in [0.2, 0.25) is 0 Å². The molecule has 1 saturated carbocycles. The summed E-state index contributed by atoms with van der Waals surface area (Å²) in [4.78, 5) is 2.50. The van der Waals surface area contributed by atoms with Gasteiger partial charge in [-0.1, -0.05) is 26.0 Å². The van der Waals surface area contributed by atoms with Crippen molar-refractivity contribution in [3.8, 4) is 0 Å². The highest BCUT2D eigenvalue weighted by Crippen LogP contribution is 2.29. The lowest BCUT2D eigenvalue weighted by molar-refractivity contribution is 0.225. The molecule has 1 aromatic carbocycles. The van der Waals surface area contributed by atoms with Crippen LogP contribution in [0, 0.1) is 11.8 Å². The molecule has 0 aromatic heterocycles. The van der Waals surface area contributed by atoms with Gasteiger partial charge in [-0.05, 0) is 61.6 Å². The second kappa shape index (κ2) is 6.83. The molecule has 1 aromatic rings. The van der Waals surface area contributed by atoms with E-state index in [-0.39, 0.29) is 0 Å². The van der Waals surface area contributed by atoms with E-state index >= 15 is 0 Å². The zero-order chi connectivity index (χ0) is 14.7. The van der Waals surface area contributed by atoms with E-state index in [1.807, 2.05) is 0 Å². The van der Waals surface area contributed by atoms with Gasteiger partial charge in [0.25, 0.3) is 0 Å². The van der Waals surface area contributed by atoms with Crippen LogP contribution in [0.15, 0.2) is 24.3 Å². The van der Waals surface area contributed by atoms with E-state index in [4.69, 9.17) is 0 Å². The van der Waals surface area contributed by atoms with Crippen molar-refractivity contribution in [3.05, 3.63) is 29.8 Å². The summed E-state index contributed by atoms with van der Waals surface area (Å²) in [5.74, 6) is 1.77. The van der Waals surface area contributed by atoms with Gasteiger partial charge in [-0.15, -0.1) is 0 Å². The molecule has 2 aliphatic rings. The third-order valence-corrected chi connectivity index (χ3v) is 5.60. The van der Waals surface area contributed by atoms with Gasteiger partial charge in [-0.3, -0.25) is 0 Å². The van der Waals surface area contributed by atoms with Gasteiger partial charge in [0, 0.05) is 31.4 Å². The van der Waals surface area contributed by atoms with Gasteiger partial charge in [0.1, 0.15) is 0 Å². The standard InChI is InChI=1S/C19H30N2/c1-15-5-8-18(13-16(15)2)20-14-17-6-9-19(10-7-17)21-11-3-4-12-21/h6-7,9-10,15-16,18,20H,3-5,8,11-14H2,1-2H3. The lowest BCUT2D eigenvalue weighted by Gasteiger charge is -2.32. The first-order valence-corrected chi connectivity index (χ1v) is 8.79. The Morgan fingerprint density at radius 1 is 1.00 bits per heavy atom. The van der Waals surface area contributed by atoms with E-state index < -0.39 is 0 Å². The summed E-state index contributed by atoms with van der Waals surface area (Å²) >= 11 is 0. The zero-order valence-corrected chi connectivity index (χ0v) is 13.6. The fourth-order valence-electron chi connectivity index (χ4n) is 3.80. The smallest absolute Gasteiger partial charge is 0.0366 e. The first-order chi connectivity index (χ1) is 10.2. The van der Waals surface area contributed by atoms with Gasteiger partial charge >= 0.3 is 0 Å². The lowest BCUT2D eigenvalue weighted by Crippen LogP contribution is -2.35. The summed E-state index contributed by atoms with van der Waals surface area (Å²) in [6.07, 6.45) is 6.76. The Labute approximate surface area is 129 Å². The number of nitrogens with one attached hydrogen (secondary N) is 1. The highest BCUT2D eigenvalue weighted by molar-refractivity contribution is 5.48. The predicted molar refractivity (Wildman–Crippen MR) is 90.7 cm³/mol. The van der Waals surface area contributed by atoms with Crippen molar-refractivity contribution < 1.29 is 0 Å². The van der Waals surface area contributed by atoms with Crippen LogP contribution in [0.4, 0.5) is 5.69 Å². The Balaban J connectivity index is 1.49. The summed E-state index contributed by atoms with van der Waals surface area (Å²) in [7, 11) is 0. The van der Waals surface area contributed by atoms with Crippen LogP contribution in [0.2, 0.25) is 0 Å². The molecular formula is C19H30N2. The monoisotopic (exact) mass is 286 g/mol. The van der Waals surface area contributed by atoms with Crippen LogP contribution >= 0.6 is 0 Å². The summed E-state index contributed by atoms with van der Waals surface area (Å²) in [6, 6.07) is 9.92. The van der Waals surface area contributed by atoms with E-state index in [1.54, 1.807) is 0 Å². The van der Waals surface area contributed by atoms with E-state index in [0.717, 1.165) is 24.4 Å². The van der Waals surface area contributed by atoms with E-state index in [2.05, 4.69) is 48.3 Å². The van der Waals surface area contributed by atoms with Gasteiger partial charge in [-0.25, -0.2) is 0 Å². The topological polar surface area (TPSA) is 15.3 Å². The van der Waals surface area contributed by atoms with Gasteiger partial charge in [0.15, 0.2) is 0 Å². The first-order valence-electron chi connectivity index (χ1n) is 8.79. The van der Waals surface area contributed by atoms with Crippen LogP contribution in [-0.2, 0) is 6.54 Å². The molecule has 2 fully saturated rings. The van der Waals surface area contributed by atoms with Crippen LogP contribution in [0.25, 0.3) is 0 Å². The maximum Gasteiger partial charge on any atom is 0.0366 e. The average molecular weight is 286 g/mol. The molecule has 0 amide bonds. The second-order valence-corrected chi connectivity index (χ2v) is 7.21. The maximum absolute atomic E-state index is 3.76. The highest BCUT2D eigenvalue weighted by Gasteiger charge is 2.23. The first kappa shape index (κ1) is 14.9. The van der Waals surface area contributed by atoms with E-state index in [0.29, 0.717) is 0 Å². The Morgan fingerprint density at radius 2 is 1.71 bits per heavy atom. The largest absolute Gasteiger partial charge is 0.372 e. The molecule has 1 aliphatic carbocycles. The van der Waals surface area contributed by atoms with Crippen molar-refractivity contribution in [1.82, 2.24) is 5.32 Å². The van der Waals surface area contributed by atoms with Crippen LogP contribution in [0.3, 0.4) is 0 Å². The Morgan fingerprint density at radius 3 is 2.38 bits per heavy atom. The second-order valence-electron chi connectivity index (χ2n) is 7.21. The molecule has 0 radical (unpaired) electrons. The minimum atomic E-state index is 0.717. The molecule has 1 N–H and O–H groups in total. The SMILES string of the molecule is CC1CCC(NCc2ccc(N3CCCC3)cc2)CC1C. The summed E-state index contributed by atoms with van der Waals surface area (Å²) in [5, 5.41) is 3.76. The molecule has 2 heteroatoms. The van der Waals surface area contributed by atoms with Crippen molar-refractivity contribution in [2.75, 3.05) is 18.0 Å². The van der Waals surface area contributed by atoms with Crippen LogP contribution in [-0.4, -0.2) is 19.1 Å². The number of hydrogen-bond acceptors (Lipinski definition) is 2. The third-order valence-electron chi connectivity index (χ3n) is 5.60. The minimum Gasteiger partial charge on any atom is -0.372 e. The third kappa shape index (κ3) is 3.79. The van der Waals surface area contributed by atoms with E-state index in [1.165, 1.54) is 56.4 Å². The number of nitrogens with zero attached hydrogens (tertiary/aromatic N) is 1. The molecule has 0 spiro atoms. The number of hydrogen-bond donors (Lipinski definition) is 1. The predicted octanol–water partition coefficient (Wildman–Crippen LogP) is 4.20. The van der Waals surface area contributed by atoms with Crippen molar-refractivity contribution in [2.24, 2.45) is 11.8 Å². The quantitative estimate of drug-likeness (QED) is 0.892. The molecule has 0 bridgehead atoms. The Bertz CT molecular complexity index is 433. The molecule has 3 atom stereocenters. The minimum absolute atomic E-state index is 0.717. The lowest BCUT2D eigenvalue weighted by atomic mass is 9.79. The van der Waals surface area contributed by atoms with Crippen LogP contribution in [0.1, 0.15) is 51.5 Å². The van der Waals surface area contributed by atoms with E-state index in [9.17, 15) is 0 Å². The summed E-state index contributed by atoms with van der Waals surface area (Å²) < 4.78 is 0. The number of rotatable bonds is 4. The summed E-state index contributed by atoms with van der Waals surface area (Å²) in [6.45, 7) is 8.29. The fraction of sp³-hybridized carbons (Fsp3) is 0.684. The molecule has 2 nitrogen and oxygen atoms in total. The fourth-order valence-corrected chi connectivity index (χ4v) is 3.80. The average Bonchev–Trinajstić information content (AvgIpc) is 3.03. The molecule has 1 aliphatic heterocycles. The molecule has 21 heavy (non-hydrogen) atoms. The molecular weight excluding hydrogens is 256 g/mol. The molecule has 3 rings (SSSR count).